The molecule has 0 aliphatic heterocycles. The molecule has 0 aliphatic rings. The maximum atomic E-state index is 11.1. The van der Waals surface area contributed by atoms with Gasteiger partial charge in [0.05, 0.1) is 24.5 Å². The van der Waals surface area contributed by atoms with E-state index in [-0.39, 0.29) is 5.97 Å². The number of nitrogens with zero attached hydrogens (tertiary/aromatic N) is 1. The minimum absolute atomic E-state index is 0.231. The standard InChI is InChI=1S/C14H17NO2S/c1-3-4-5-12-8-11(9-15)6-7-13(12)18-10-14(16)17-2/h6-8H,3-5,10H2,1-2H3. The molecule has 18 heavy (non-hydrogen) atoms. The van der Waals surface area contributed by atoms with Gasteiger partial charge in [0.15, 0.2) is 0 Å². The molecule has 0 radical (unpaired) electrons. The molecule has 0 aliphatic carbocycles. The van der Waals surface area contributed by atoms with Crippen molar-refractivity contribution in [3.63, 3.8) is 0 Å². The summed E-state index contributed by atoms with van der Waals surface area (Å²) in [6.07, 6.45) is 3.13. The number of ether oxygens (including phenoxy) is 1. The van der Waals surface area contributed by atoms with Crippen LogP contribution in [0.4, 0.5) is 0 Å². The molecule has 0 heterocycles. The van der Waals surface area contributed by atoms with Gasteiger partial charge >= 0.3 is 5.97 Å². The number of unbranched alkanes of at least 4 members (excludes halogenated alkanes) is 1. The molecule has 96 valence electrons. The highest BCUT2D eigenvalue weighted by molar-refractivity contribution is 8.00. The molecule has 0 saturated heterocycles. The average molecular weight is 263 g/mol. The van der Waals surface area contributed by atoms with Gasteiger partial charge in [-0.3, -0.25) is 4.79 Å². The summed E-state index contributed by atoms with van der Waals surface area (Å²) >= 11 is 1.47. The number of hydrogen-bond donors (Lipinski definition) is 0. The predicted molar refractivity (Wildman–Crippen MR) is 72.5 cm³/mol. The average Bonchev–Trinajstić information content (AvgIpc) is 2.42. The van der Waals surface area contributed by atoms with Crippen LogP contribution in [0.15, 0.2) is 23.1 Å². The first-order chi connectivity index (χ1) is 8.71. The van der Waals surface area contributed by atoms with Crippen molar-refractivity contribution < 1.29 is 9.53 Å². The summed E-state index contributed by atoms with van der Waals surface area (Å²) in [6.45, 7) is 2.13. The van der Waals surface area contributed by atoms with Crippen molar-refractivity contribution in [2.24, 2.45) is 0 Å². The van der Waals surface area contributed by atoms with E-state index in [9.17, 15) is 4.79 Å². The molecule has 3 nitrogen and oxygen atoms in total. The Labute approximate surface area is 112 Å². The molecule has 1 aromatic carbocycles. The Balaban J connectivity index is 2.81. The number of benzene rings is 1. The molecule has 4 heteroatoms. The molecule has 0 fully saturated rings. The fourth-order valence-corrected chi connectivity index (χ4v) is 2.45. The van der Waals surface area contributed by atoms with E-state index < -0.39 is 0 Å². The summed E-state index contributed by atoms with van der Waals surface area (Å²) in [5.41, 5.74) is 1.81. The van der Waals surface area contributed by atoms with Crippen molar-refractivity contribution in [3.05, 3.63) is 29.3 Å². The Bertz CT molecular complexity index is 452. The van der Waals surface area contributed by atoms with Crippen molar-refractivity contribution in [3.8, 4) is 6.07 Å². The number of methoxy groups -OCH3 is 1. The quantitative estimate of drug-likeness (QED) is 0.584. The third-order valence-corrected chi connectivity index (χ3v) is 3.65. The smallest absolute Gasteiger partial charge is 0.315 e. The minimum atomic E-state index is -0.231. The van der Waals surface area contributed by atoms with Crippen LogP contribution in [0.1, 0.15) is 30.9 Å². The van der Waals surface area contributed by atoms with E-state index in [0.29, 0.717) is 11.3 Å². The lowest BCUT2D eigenvalue weighted by Crippen LogP contribution is -2.03. The van der Waals surface area contributed by atoms with Crippen LogP contribution in [0.5, 0.6) is 0 Å². The van der Waals surface area contributed by atoms with Crippen LogP contribution >= 0.6 is 11.8 Å². The zero-order valence-corrected chi connectivity index (χ0v) is 11.5. The summed E-state index contributed by atoms with van der Waals surface area (Å²) in [6, 6.07) is 7.76. The fourth-order valence-electron chi connectivity index (χ4n) is 1.55. The summed E-state index contributed by atoms with van der Waals surface area (Å²) in [7, 11) is 1.39. The Kier molecular flexibility index (Phi) is 6.31. The van der Waals surface area contributed by atoms with Crippen LogP contribution < -0.4 is 0 Å². The van der Waals surface area contributed by atoms with Crippen LogP contribution in [0.2, 0.25) is 0 Å². The first-order valence-electron chi connectivity index (χ1n) is 5.94. The van der Waals surface area contributed by atoms with Gasteiger partial charge in [-0.15, -0.1) is 11.8 Å². The van der Waals surface area contributed by atoms with E-state index in [1.165, 1.54) is 18.9 Å². The molecule has 0 saturated carbocycles. The highest BCUT2D eigenvalue weighted by Crippen LogP contribution is 2.25. The molecule has 1 rings (SSSR count). The number of carbonyl (C=O) groups excluding carboxylic acids is 1. The SMILES string of the molecule is CCCCc1cc(C#N)ccc1SCC(=O)OC. The third-order valence-electron chi connectivity index (χ3n) is 2.56. The second-order valence-corrected chi connectivity index (χ2v) is 4.92. The number of esters is 1. The lowest BCUT2D eigenvalue weighted by Gasteiger charge is -2.08. The molecule has 1 aromatic rings. The van der Waals surface area contributed by atoms with Gasteiger partial charge in [0.25, 0.3) is 0 Å². The van der Waals surface area contributed by atoms with E-state index in [0.717, 1.165) is 29.7 Å². The first kappa shape index (κ1) is 14.6. The lowest BCUT2D eigenvalue weighted by atomic mass is 10.1. The van der Waals surface area contributed by atoms with Crippen LogP contribution in [-0.2, 0) is 16.0 Å². The van der Waals surface area contributed by atoms with E-state index in [1.54, 1.807) is 6.07 Å². The van der Waals surface area contributed by atoms with Crippen LogP contribution in [0.25, 0.3) is 0 Å². The minimum Gasteiger partial charge on any atom is -0.468 e. The summed E-state index contributed by atoms with van der Waals surface area (Å²) in [4.78, 5) is 12.2. The van der Waals surface area contributed by atoms with Crippen molar-refractivity contribution in [1.82, 2.24) is 0 Å². The van der Waals surface area contributed by atoms with Gasteiger partial charge in [-0.05, 0) is 36.6 Å². The van der Waals surface area contributed by atoms with Gasteiger partial charge in [-0.2, -0.15) is 5.26 Å². The van der Waals surface area contributed by atoms with Crippen LogP contribution in [0.3, 0.4) is 0 Å². The van der Waals surface area contributed by atoms with Crippen molar-refractivity contribution in [1.29, 1.82) is 5.26 Å². The predicted octanol–water partition coefficient (Wildman–Crippen LogP) is 3.17. The Morgan fingerprint density at radius 1 is 1.50 bits per heavy atom. The van der Waals surface area contributed by atoms with E-state index in [4.69, 9.17) is 5.26 Å². The molecule has 0 N–H and O–H groups in total. The topological polar surface area (TPSA) is 50.1 Å². The van der Waals surface area contributed by atoms with Crippen molar-refractivity contribution in [2.45, 2.75) is 31.1 Å². The number of thioether (sulfide) groups is 1. The largest absolute Gasteiger partial charge is 0.468 e. The molecular formula is C14H17NO2S. The maximum absolute atomic E-state index is 11.1. The molecular weight excluding hydrogens is 246 g/mol. The van der Waals surface area contributed by atoms with Gasteiger partial charge in [0.1, 0.15) is 0 Å². The molecule has 0 spiro atoms. The monoisotopic (exact) mass is 263 g/mol. The first-order valence-corrected chi connectivity index (χ1v) is 6.92. The lowest BCUT2D eigenvalue weighted by molar-refractivity contribution is -0.137. The molecule has 0 bridgehead atoms. The Hall–Kier alpha value is -1.47. The Morgan fingerprint density at radius 3 is 2.89 bits per heavy atom. The summed E-state index contributed by atoms with van der Waals surface area (Å²) in [5, 5.41) is 8.90. The molecule has 0 atom stereocenters. The highest BCUT2D eigenvalue weighted by Gasteiger charge is 2.07. The highest BCUT2D eigenvalue weighted by atomic mass is 32.2. The number of aryl methyl sites for hydroxylation is 1. The number of carbonyl (C=O) groups is 1. The molecule has 0 amide bonds. The maximum Gasteiger partial charge on any atom is 0.315 e. The van der Waals surface area contributed by atoms with Gasteiger partial charge < -0.3 is 4.74 Å². The normalized spacial score (nSPS) is 9.83. The fraction of sp³-hybridized carbons (Fsp3) is 0.429. The molecule has 0 unspecified atom stereocenters. The van der Waals surface area contributed by atoms with Gasteiger partial charge in [-0.1, -0.05) is 13.3 Å². The van der Waals surface area contributed by atoms with Crippen LogP contribution in [-0.4, -0.2) is 18.8 Å². The Morgan fingerprint density at radius 2 is 2.28 bits per heavy atom. The second-order valence-electron chi connectivity index (χ2n) is 3.90. The van der Waals surface area contributed by atoms with E-state index >= 15 is 0 Å². The van der Waals surface area contributed by atoms with E-state index in [2.05, 4.69) is 17.7 Å². The van der Waals surface area contributed by atoms with Gasteiger partial charge in [-0.25, -0.2) is 0 Å². The zero-order valence-electron chi connectivity index (χ0n) is 10.7. The van der Waals surface area contributed by atoms with Crippen LogP contribution in [0, 0.1) is 11.3 Å². The van der Waals surface area contributed by atoms with Gasteiger partial charge in [0.2, 0.25) is 0 Å². The summed E-state index contributed by atoms with van der Waals surface area (Å²) in [5.74, 6) is 0.0763. The number of hydrogen-bond acceptors (Lipinski definition) is 4. The van der Waals surface area contributed by atoms with Crippen molar-refractivity contribution in [2.75, 3.05) is 12.9 Å². The van der Waals surface area contributed by atoms with Gasteiger partial charge in [0, 0.05) is 4.90 Å². The van der Waals surface area contributed by atoms with E-state index in [1.807, 2.05) is 12.1 Å². The van der Waals surface area contributed by atoms with Crippen molar-refractivity contribution >= 4 is 17.7 Å². The number of rotatable bonds is 6. The third kappa shape index (κ3) is 4.42. The summed E-state index contributed by atoms with van der Waals surface area (Å²) < 4.78 is 4.63. The second kappa shape index (κ2) is 7.78. The number of nitriles is 1. The zero-order chi connectivity index (χ0) is 13.4. The molecule has 0 aromatic heterocycles.